The fourth-order valence-corrected chi connectivity index (χ4v) is 1.61. The highest BCUT2D eigenvalue weighted by Gasteiger charge is 2.31. The summed E-state index contributed by atoms with van der Waals surface area (Å²) in [5, 5.41) is 8.69. The van der Waals surface area contributed by atoms with Crippen LogP contribution in [0.3, 0.4) is 0 Å². The first-order valence-electron chi connectivity index (χ1n) is 4.07. The first-order valence-corrected chi connectivity index (χ1v) is 4.60. The van der Waals surface area contributed by atoms with Gasteiger partial charge in [0.25, 0.3) is 0 Å². The molecule has 0 aliphatic heterocycles. The lowest BCUT2D eigenvalue weighted by Crippen LogP contribution is -2.07. The number of hydrogen-bond acceptors (Lipinski definition) is 1. The highest BCUT2D eigenvalue weighted by Crippen LogP contribution is 2.32. The second kappa shape index (κ2) is 4.11. The number of hydrogen-bond donors (Lipinski definition) is 0. The number of alkyl halides is 4. The molecule has 15 heavy (non-hydrogen) atoms. The Morgan fingerprint density at radius 2 is 2.00 bits per heavy atom. The molecule has 0 saturated heterocycles. The number of nitriles is 1. The van der Waals surface area contributed by atoms with Crippen LogP contribution in [-0.4, -0.2) is 0 Å². The van der Waals surface area contributed by atoms with Gasteiger partial charge in [-0.05, 0) is 30.2 Å². The third-order valence-corrected chi connectivity index (χ3v) is 2.32. The van der Waals surface area contributed by atoms with Gasteiger partial charge in [0.15, 0.2) is 0 Å². The van der Waals surface area contributed by atoms with Crippen molar-refractivity contribution in [1.82, 2.24) is 0 Å². The monoisotopic (exact) mass is 233 g/mol. The SMILES string of the molecule is Cc1cc(C(F)(F)F)cc(C#N)c1CCl. The lowest BCUT2D eigenvalue weighted by Gasteiger charge is -2.11. The van der Waals surface area contributed by atoms with Crippen molar-refractivity contribution in [2.45, 2.75) is 19.0 Å². The van der Waals surface area contributed by atoms with Gasteiger partial charge in [0.2, 0.25) is 0 Å². The molecule has 5 heteroatoms. The van der Waals surface area contributed by atoms with E-state index in [9.17, 15) is 13.2 Å². The van der Waals surface area contributed by atoms with Crippen LogP contribution in [0.5, 0.6) is 0 Å². The van der Waals surface area contributed by atoms with E-state index >= 15 is 0 Å². The van der Waals surface area contributed by atoms with Crippen LogP contribution < -0.4 is 0 Å². The Morgan fingerprint density at radius 1 is 1.40 bits per heavy atom. The molecule has 1 aromatic carbocycles. The summed E-state index contributed by atoms with van der Waals surface area (Å²) in [6.45, 7) is 1.51. The summed E-state index contributed by atoms with van der Waals surface area (Å²) in [5.41, 5.74) is 0.00582. The van der Waals surface area contributed by atoms with E-state index in [1.807, 2.05) is 0 Å². The van der Waals surface area contributed by atoms with E-state index in [4.69, 9.17) is 16.9 Å². The Kier molecular flexibility index (Phi) is 3.25. The van der Waals surface area contributed by atoms with E-state index in [1.165, 1.54) is 6.92 Å². The number of benzene rings is 1. The highest BCUT2D eigenvalue weighted by molar-refractivity contribution is 6.17. The second-order valence-corrected chi connectivity index (χ2v) is 3.33. The summed E-state index contributed by atoms with van der Waals surface area (Å²) in [7, 11) is 0. The van der Waals surface area contributed by atoms with Gasteiger partial charge in [-0.2, -0.15) is 18.4 Å². The summed E-state index contributed by atoms with van der Waals surface area (Å²) >= 11 is 5.55. The Morgan fingerprint density at radius 3 is 2.40 bits per heavy atom. The zero-order chi connectivity index (χ0) is 11.6. The molecule has 80 valence electrons. The molecule has 0 aromatic heterocycles. The molecule has 0 aliphatic rings. The minimum absolute atomic E-state index is 0.0164. The van der Waals surface area contributed by atoms with E-state index in [-0.39, 0.29) is 11.4 Å². The molecule has 0 fully saturated rings. The normalized spacial score (nSPS) is 11.2. The van der Waals surface area contributed by atoms with Crippen LogP contribution in [0.1, 0.15) is 22.3 Å². The maximum absolute atomic E-state index is 12.4. The lowest BCUT2D eigenvalue weighted by molar-refractivity contribution is -0.137. The lowest BCUT2D eigenvalue weighted by atomic mass is 10.00. The molecular formula is C10H7ClF3N. The van der Waals surface area contributed by atoms with Crippen LogP contribution in [0, 0.1) is 18.3 Å². The zero-order valence-corrected chi connectivity index (χ0v) is 8.58. The van der Waals surface area contributed by atoms with Crippen LogP contribution in [0.4, 0.5) is 13.2 Å². The Balaban J connectivity index is 3.41. The van der Waals surface area contributed by atoms with Crippen LogP contribution in [0.25, 0.3) is 0 Å². The van der Waals surface area contributed by atoms with Gasteiger partial charge in [-0.3, -0.25) is 0 Å². The molecule has 0 heterocycles. The first kappa shape index (κ1) is 11.9. The summed E-state index contributed by atoms with van der Waals surface area (Å²) in [4.78, 5) is 0. The zero-order valence-electron chi connectivity index (χ0n) is 7.82. The summed E-state index contributed by atoms with van der Waals surface area (Å²) < 4.78 is 37.1. The van der Waals surface area contributed by atoms with E-state index < -0.39 is 11.7 Å². The number of nitrogens with zero attached hydrogens (tertiary/aromatic N) is 1. The van der Waals surface area contributed by atoms with E-state index in [0.717, 1.165) is 12.1 Å². The minimum atomic E-state index is -4.43. The van der Waals surface area contributed by atoms with Crippen molar-refractivity contribution in [1.29, 1.82) is 5.26 Å². The molecule has 0 saturated carbocycles. The quantitative estimate of drug-likeness (QED) is 0.680. The molecule has 1 rings (SSSR count). The molecule has 0 bridgehead atoms. The van der Waals surface area contributed by atoms with Gasteiger partial charge >= 0.3 is 6.18 Å². The molecule has 0 amide bonds. The molecule has 0 spiro atoms. The molecular weight excluding hydrogens is 227 g/mol. The highest BCUT2D eigenvalue weighted by atomic mass is 35.5. The van der Waals surface area contributed by atoms with Gasteiger partial charge in [0.1, 0.15) is 0 Å². The van der Waals surface area contributed by atoms with E-state index in [0.29, 0.717) is 11.1 Å². The van der Waals surface area contributed by atoms with Gasteiger partial charge in [-0.25, -0.2) is 0 Å². The Labute approximate surface area is 90.1 Å². The predicted molar refractivity (Wildman–Crippen MR) is 50.5 cm³/mol. The molecule has 0 unspecified atom stereocenters. The predicted octanol–water partition coefficient (Wildman–Crippen LogP) is 3.62. The maximum atomic E-state index is 12.4. The number of halogens is 4. The third kappa shape index (κ3) is 2.42. The molecule has 0 aliphatic carbocycles. The average Bonchev–Trinajstić information content (AvgIpc) is 2.15. The van der Waals surface area contributed by atoms with Crippen molar-refractivity contribution in [3.05, 3.63) is 34.4 Å². The van der Waals surface area contributed by atoms with Crippen molar-refractivity contribution in [3.63, 3.8) is 0 Å². The number of aryl methyl sites for hydroxylation is 1. The molecule has 0 radical (unpaired) electrons. The van der Waals surface area contributed by atoms with Crippen molar-refractivity contribution >= 4 is 11.6 Å². The van der Waals surface area contributed by atoms with Crippen LogP contribution in [0.15, 0.2) is 12.1 Å². The Bertz CT molecular complexity index is 418. The van der Waals surface area contributed by atoms with Crippen molar-refractivity contribution in [2.24, 2.45) is 0 Å². The maximum Gasteiger partial charge on any atom is 0.416 e. The average molecular weight is 234 g/mol. The van der Waals surface area contributed by atoms with Gasteiger partial charge in [0.05, 0.1) is 17.2 Å². The van der Waals surface area contributed by atoms with Crippen molar-refractivity contribution in [2.75, 3.05) is 0 Å². The Hall–Kier alpha value is -1.21. The summed E-state index contributed by atoms with van der Waals surface area (Å²) in [5.74, 6) is 0.0346. The van der Waals surface area contributed by atoms with Gasteiger partial charge in [0, 0.05) is 5.88 Å². The van der Waals surface area contributed by atoms with Crippen molar-refractivity contribution in [3.8, 4) is 6.07 Å². The minimum Gasteiger partial charge on any atom is -0.192 e. The second-order valence-electron chi connectivity index (χ2n) is 3.06. The summed E-state index contributed by atoms with van der Waals surface area (Å²) in [6, 6.07) is 3.54. The third-order valence-electron chi connectivity index (χ3n) is 2.05. The van der Waals surface area contributed by atoms with E-state index in [2.05, 4.69) is 0 Å². The van der Waals surface area contributed by atoms with Gasteiger partial charge in [-0.15, -0.1) is 11.6 Å². The molecule has 0 N–H and O–H groups in total. The van der Waals surface area contributed by atoms with Gasteiger partial charge in [-0.1, -0.05) is 0 Å². The smallest absolute Gasteiger partial charge is 0.192 e. The number of rotatable bonds is 1. The van der Waals surface area contributed by atoms with Crippen LogP contribution in [-0.2, 0) is 12.1 Å². The van der Waals surface area contributed by atoms with Gasteiger partial charge < -0.3 is 0 Å². The largest absolute Gasteiger partial charge is 0.416 e. The van der Waals surface area contributed by atoms with Crippen LogP contribution >= 0.6 is 11.6 Å². The fraction of sp³-hybridized carbons (Fsp3) is 0.300. The van der Waals surface area contributed by atoms with E-state index in [1.54, 1.807) is 6.07 Å². The molecule has 1 nitrogen and oxygen atoms in total. The summed E-state index contributed by atoms with van der Waals surface area (Å²) in [6.07, 6.45) is -4.43. The fourth-order valence-electron chi connectivity index (χ4n) is 1.26. The topological polar surface area (TPSA) is 23.8 Å². The standard InChI is InChI=1S/C10H7ClF3N/c1-6-2-8(10(12,13)14)3-7(5-15)9(6)4-11/h2-3H,4H2,1H3. The van der Waals surface area contributed by atoms with Crippen LogP contribution in [0.2, 0.25) is 0 Å². The van der Waals surface area contributed by atoms with Crippen molar-refractivity contribution < 1.29 is 13.2 Å². The first-order chi connectivity index (χ1) is 6.90. The molecule has 0 atom stereocenters. The molecule has 1 aromatic rings.